The first kappa shape index (κ1) is 23.2. The van der Waals surface area contributed by atoms with E-state index in [0.29, 0.717) is 34.2 Å². The molecule has 33 heavy (non-hydrogen) atoms. The number of benzene rings is 2. The molecular formula is C25H29N3O4S. The first-order valence-electron chi connectivity index (χ1n) is 11.4. The van der Waals surface area contributed by atoms with Crippen molar-refractivity contribution in [2.75, 3.05) is 25.4 Å². The van der Waals surface area contributed by atoms with Crippen molar-refractivity contribution in [3.63, 3.8) is 0 Å². The smallest absolute Gasteiger partial charge is 0.262 e. The number of para-hydroxylation sites is 3. The minimum atomic E-state index is -0.340. The third-order valence-corrected chi connectivity index (χ3v) is 6.41. The van der Waals surface area contributed by atoms with Crippen LogP contribution in [0.3, 0.4) is 0 Å². The van der Waals surface area contributed by atoms with E-state index in [1.807, 2.05) is 47.4 Å². The molecule has 0 radical (unpaired) electrons. The Morgan fingerprint density at radius 3 is 2.55 bits per heavy atom. The topological polar surface area (TPSA) is 73.7 Å². The van der Waals surface area contributed by atoms with Gasteiger partial charge in [-0.2, -0.15) is 0 Å². The summed E-state index contributed by atoms with van der Waals surface area (Å²) in [6.45, 7) is 6.22. The van der Waals surface area contributed by atoms with Crippen LogP contribution in [0.4, 0.5) is 0 Å². The van der Waals surface area contributed by atoms with Gasteiger partial charge in [-0.25, -0.2) is 4.98 Å². The number of nitrogens with zero attached hydrogens (tertiary/aromatic N) is 3. The number of ether oxygens (including phenoxy) is 2. The van der Waals surface area contributed by atoms with Crippen LogP contribution < -0.4 is 15.0 Å². The van der Waals surface area contributed by atoms with Gasteiger partial charge in [0.05, 0.1) is 23.2 Å². The molecule has 1 aromatic heterocycles. The number of fused-ring (bicyclic) bond motifs is 2. The number of carbonyl (C=O) groups is 1. The Bertz CT molecular complexity index is 1170. The second kappa shape index (κ2) is 10.7. The van der Waals surface area contributed by atoms with Gasteiger partial charge in [0, 0.05) is 13.1 Å². The Morgan fingerprint density at radius 2 is 1.79 bits per heavy atom. The van der Waals surface area contributed by atoms with Crippen LogP contribution in [0.5, 0.6) is 11.5 Å². The molecule has 0 spiro atoms. The molecule has 0 N–H and O–H groups in total. The van der Waals surface area contributed by atoms with Crippen LogP contribution in [-0.4, -0.2) is 51.9 Å². The Morgan fingerprint density at radius 1 is 1.09 bits per heavy atom. The van der Waals surface area contributed by atoms with E-state index in [0.717, 1.165) is 25.9 Å². The number of carbonyl (C=O) groups excluding carboxylic acids is 1. The number of hydrogen-bond donors (Lipinski definition) is 0. The molecule has 2 heterocycles. The first-order chi connectivity index (χ1) is 16.1. The Balaban J connectivity index is 1.60. The zero-order valence-corrected chi connectivity index (χ0v) is 19.8. The average molecular weight is 468 g/mol. The molecule has 0 unspecified atom stereocenters. The van der Waals surface area contributed by atoms with Gasteiger partial charge in [0.1, 0.15) is 6.61 Å². The summed E-state index contributed by atoms with van der Waals surface area (Å²) in [5.74, 6) is 1.65. The number of amides is 1. The molecule has 1 aliphatic heterocycles. The van der Waals surface area contributed by atoms with E-state index in [-0.39, 0.29) is 29.9 Å². The zero-order chi connectivity index (χ0) is 23.2. The second-order valence-electron chi connectivity index (χ2n) is 7.99. The van der Waals surface area contributed by atoms with Crippen LogP contribution in [0.1, 0.15) is 26.7 Å². The Labute approximate surface area is 197 Å². The van der Waals surface area contributed by atoms with Crippen LogP contribution in [-0.2, 0) is 11.3 Å². The Kier molecular flexibility index (Phi) is 7.54. The minimum absolute atomic E-state index is 0.0591. The molecule has 1 aliphatic rings. The van der Waals surface area contributed by atoms with Crippen LogP contribution in [0.2, 0.25) is 0 Å². The quantitative estimate of drug-likeness (QED) is 0.350. The van der Waals surface area contributed by atoms with Gasteiger partial charge in [-0.3, -0.25) is 14.2 Å². The molecule has 0 bridgehead atoms. The van der Waals surface area contributed by atoms with Gasteiger partial charge >= 0.3 is 0 Å². The lowest BCUT2D eigenvalue weighted by Gasteiger charge is -2.27. The third-order valence-electron chi connectivity index (χ3n) is 5.44. The molecule has 7 nitrogen and oxygen atoms in total. The maximum Gasteiger partial charge on any atom is 0.262 e. The first-order valence-corrected chi connectivity index (χ1v) is 12.4. The summed E-state index contributed by atoms with van der Waals surface area (Å²) in [4.78, 5) is 32.8. The van der Waals surface area contributed by atoms with Crippen molar-refractivity contribution in [3.8, 4) is 11.5 Å². The van der Waals surface area contributed by atoms with Gasteiger partial charge in [-0.05, 0) is 37.1 Å². The highest BCUT2D eigenvalue weighted by Crippen LogP contribution is 2.31. The fraction of sp³-hybridized carbons (Fsp3) is 0.400. The van der Waals surface area contributed by atoms with Gasteiger partial charge in [0.2, 0.25) is 5.91 Å². The standard InChI is InChI=1S/C25H29N3O4S/c1-3-13-27(14-4-2)23(29)17-33-25-26-20-10-6-5-9-19(20)24(30)28(25)15-18-16-31-21-11-7-8-12-22(21)32-18/h5-12,18H,3-4,13-17H2,1-2H3/t18-/m0/s1. The van der Waals surface area contributed by atoms with Gasteiger partial charge < -0.3 is 14.4 Å². The van der Waals surface area contributed by atoms with E-state index < -0.39 is 0 Å². The lowest BCUT2D eigenvalue weighted by atomic mass is 10.2. The van der Waals surface area contributed by atoms with E-state index in [9.17, 15) is 9.59 Å². The molecule has 0 saturated carbocycles. The van der Waals surface area contributed by atoms with Crippen molar-refractivity contribution < 1.29 is 14.3 Å². The number of thioether (sulfide) groups is 1. The summed E-state index contributed by atoms with van der Waals surface area (Å²) in [7, 11) is 0. The van der Waals surface area contributed by atoms with Gasteiger partial charge in [-0.15, -0.1) is 0 Å². The van der Waals surface area contributed by atoms with Crippen molar-refractivity contribution in [3.05, 3.63) is 58.9 Å². The summed E-state index contributed by atoms with van der Waals surface area (Å²) in [5, 5.41) is 1.06. The molecule has 8 heteroatoms. The summed E-state index contributed by atoms with van der Waals surface area (Å²) in [6.07, 6.45) is 1.48. The van der Waals surface area contributed by atoms with E-state index in [1.165, 1.54) is 11.8 Å². The van der Waals surface area contributed by atoms with Crippen LogP contribution in [0, 0.1) is 0 Å². The normalized spacial score (nSPS) is 14.9. The lowest BCUT2D eigenvalue weighted by Crippen LogP contribution is -2.38. The minimum Gasteiger partial charge on any atom is -0.486 e. The van der Waals surface area contributed by atoms with Crippen molar-refractivity contribution in [1.29, 1.82) is 0 Å². The second-order valence-corrected chi connectivity index (χ2v) is 8.94. The molecule has 1 atom stereocenters. The average Bonchev–Trinajstić information content (AvgIpc) is 2.84. The SMILES string of the molecule is CCCN(CCC)C(=O)CSc1nc2ccccc2c(=O)n1C[C@H]1COc2ccccc2O1. The molecular weight excluding hydrogens is 438 g/mol. The number of hydrogen-bond acceptors (Lipinski definition) is 6. The van der Waals surface area contributed by atoms with Gasteiger partial charge in [0.25, 0.3) is 5.56 Å². The third kappa shape index (κ3) is 5.33. The lowest BCUT2D eigenvalue weighted by molar-refractivity contribution is -0.128. The van der Waals surface area contributed by atoms with Gasteiger partial charge in [0.15, 0.2) is 22.8 Å². The largest absolute Gasteiger partial charge is 0.486 e. The summed E-state index contributed by atoms with van der Waals surface area (Å²) in [5.41, 5.74) is 0.482. The van der Waals surface area contributed by atoms with Gasteiger partial charge in [-0.1, -0.05) is 49.9 Å². The zero-order valence-electron chi connectivity index (χ0n) is 19.0. The maximum atomic E-state index is 13.4. The summed E-state index contributed by atoms with van der Waals surface area (Å²) in [6, 6.07) is 14.8. The monoisotopic (exact) mass is 467 g/mol. The summed E-state index contributed by atoms with van der Waals surface area (Å²) < 4.78 is 13.5. The van der Waals surface area contributed by atoms with Crippen LogP contribution in [0.25, 0.3) is 10.9 Å². The van der Waals surface area contributed by atoms with Crippen LogP contribution in [0.15, 0.2) is 58.5 Å². The molecule has 0 fully saturated rings. The fourth-order valence-electron chi connectivity index (χ4n) is 3.89. The molecule has 4 rings (SSSR count). The van der Waals surface area contributed by atoms with E-state index in [1.54, 1.807) is 10.6 Å². The van der Waals surface area contributed by atoms with E-state index >= 15 is 0 Å². The summed E-state index contributed by atoms with van der Waals surface area (Å²) >= 11 is 1.30. The Hall–Kier alpha value is -3.00. The van der Waals surface area contributed by atoms with E-state index in [2.05, 4.69) is 13.8 Å². The number of aromatic nitrogens is 2. The predicted octanol–water partition coefficient (Wildman–Crippen LogP) is 3.98. The fourth-order valence-corrected chi connectivity index (χ4v) is 4.81. The van der Waals surface area contributed by atoms with Crippen molar-refractivity contribution in [1.82, 2.24) is 14.5 Å². The van der Waals surface area contributed by atoms with Crippen molar-refractivity contribution in [2.24, 2.45) is 0 Å². The molecule has 174 valence electrons. The van der Waals surface area contributed by atoms with Crippen molar-refractivity contribution in [2.45, 2.75) is 44.5 Å². The highest BCUT2D eigenvalue weighted by molar-refractivity contribution is 7.99. The molecule has 2 aromatic carbocycles. The van der Waals surface area contributed by atoms with E-state index in [4.69, 9.17) is 14.5 Å². The maximum absolute atomic E-state index is 13.4. The highest BCUT2D eigenvalue weighted by Gasteiger charge is 2.24. The highest BCUT2D eigenvalue weighted by atomic mass is 32.2. The van der Waals surface area contributed by atoms with Crippen molar-refractivity contribution >= 4 is 28.6 Å². The molecule has 1 amide bonds. The number of rotatable bonds is 9. The van der Waals surface area contributed by atoms with Crippen LogP contribution >= 0.6 is 11.8 Å². The molecule has 3 aromatic rings. The molecule has 0 aliphatic carbocycles. The predicted molar refractivity (Wildman–Crippen MR) is 130 cm³/mol. The molecule has 0 saturated heterocycles.